The molecule has 2 N–H and O–H groups in total. The Hall–Kier alpha value is -3.78. The Bertz CT molecular complexity index is 1310. The first-order chi connectivity index (χ1) is 18.7. The summed E-state index contributed by atoms with van der Waals surface area (Å²) in [5, 5.41) is 11.9. The predicted molar refractivity (Wildman–Crippen MR) is 131 cm³/mol. The van der Waals surface area contributed by atoms with Crippen molar-refractivity contribution in [3.63, 3.8) is 0 Å². The zero-order valence-electron chi connectivity index (χ0n) is 21.3. The van der Waals surface area contributed by atoms with Gasteiger partial charge in [-0.1, -0.05) is 0 Å². The van der Waals surface area contributed by atoms with Crippen LogP contribution in [0, 0.1) is 12.7 Å². The number of hydrogen-bond donors (Lipinski definition) is 2. The van der Waals surface area contributed by atoms with Crippen LogP contribution in [0.5, 0.6) is 0 Å². The summed E-state index contributed by atoms with van der Waals surface area (Å²) in [6, 6.07) is 5.71. The molecule has 0 bridgehead atoms. The molecule has 4 rings (SSSR count). The molecule has 1 aromatic heterocycles. The molecule has 0 saturated carbocycles. The number of ether oxygens (including phenoxy) is 1. The van der Waals surface area contributed by atoms with Crippen molar-refractivity contribution in [2.24, 2.45) is 0 Å². The number of carboxylic acid groups (broad SMARTS) is 1. The maximum absolute atomic E-state index is 13.3. The molecule has 1 saturated heterocycles. The number of anilines is 1. The van der Waals surface area contributed by atoms with E-state index in [0.29, 0.717) is 61.2 Å². The fourth-order valence-electron chi connectivity index (χ4n) is 3.87. The van der Waals surface area contributed by atoms with Crippen molar-refractivity contribution in [1.82, 2.24) is 15.3 Å². The van der Waals surface area contributed by atoms with Crippen molar-refractivity contribution in [3.05, 3.63) is 76.2 Å². The molecule has 216 valence electrons. The average molecular weight is 574 g/mol. The molecule has 1 aliphatic heterocycles. The maximum atomic E-state index is 13.3. The van der Waals surface area contributed by atoms with E-state index in [9.17, 15) is 40.6 Å². The molecule has 0 amide bonds. The summed E-state index contributed by atoms with van der Waals surface area (Å²) in [5.41, 5.74) is -1.15. The zero-order valence-corrected chi connectivity index (χ0v) is 21.3. The summed E-state index contributed by atoms with van der Waals surface area (Å²) in [6.07, 6.45) is -8.27. The van der Waals surface area contributed by atoms with Gasteiger partial charge in [0, 0.05) is 31.4 Å². The van der Waals surface area contributed by atoms with Crippen LogP contribution < -0.4 is 10.2 Å². The average Bonchev–Trinajstić information content (AvgIpc) is 2.88. The van der Waals surface area contributed by atoms with Gasteiger partial charge < -0.3 is 20.1 Å². The molecule has 40 heavy (non-hydrogen) atoms. The summed E-state index contributed by atoms with van der Waals surface area (Å²) in [6.45, 7) is 4.11. The Labute approximate surface area is 224 Å². The van der Waals surface area contributed by atoms with Crippen LogP contribution in [-0.4, -0.2) is 54.4 Å². The van der Waals surface area contributed by atoms with E-state index in [-0.39, 0.29) is 29.6 Å². The first-order valence-corrected chi connectivity index (χ1v) is 11.8. The number of aromatic nitrogens is 2. The minimum absolute atomic E-state index is 0.00304. The molecule has 0 unspecified atom stereocenters. The number of carboxylic acids is 1. The minimum atomic E-state index is -4.79. The second-order valence-corrected chi connectivity index (χ2v) is 8.74. The highest BCUT2D eigenvalue weighted by Crippen LogP contribution is 2.36. The van der Waals surface area contributed by atoms with Crippen LogP contribution in [0.2, 0.25) is 0 Å². The molecular weight excluding hydrogens is 549 g/mol. The lowest BCUT2D eigenvalue weighted by atomic mass is 10.0. The van der Waals surface area contributed by atoms with Gasteiger partial charge >= 0.3 is 18.3 Å². The molecular formula is C26H25F7N4O3. The number of rotatable bonds is 5. The Morgan fingerprint density at radius 2 is 1.62 bits per heavy atom. The summed E-state index contributed by atoms with van der Waals surface area (Å²) >= 11 is 0. The van der Waals surface area contributed by atoms with Crippen molar-refractivity contribution < 1.29 is 45.4 Å². The quantitative estimate of drug-likeness (QED) is 0.386. The Morgan fingerprint density at radius 1 is 1.02 bits per heavy atom. The van der Waals surface area contributed by atoms with Crippen molar-refractivity contribution in [2.45, 2.75) is 25.8 Å². The van der Waals surface area contributed by atoms with Crippen LogP contribution in [0.4, 0.5) is 36.7 Å². The minimum Gasteiger partial charge on any atom is -0.478 e. The number of hydrogen-bond acceptors (Lipinski definition) is 6. The summed E-state index contributed by atoms with van der Waals surface area (Å²) in [7, 11) is 1.44. The number of nitrogens with zero attached hydrogens (tertiary/aromatic N) is 3. The molecule has 0 atom stereocenters. The number of alkyl halides is 6. The van der Waals surface area contributed by atoms with Gasteiger partial charge in [-0.2, -0.15) is 26.3 Å². The van der Waals surface area contributed by atoms with Crippen molar-refractivity contribution in [1.29, 1.82) is 0 Å². The van der Waals surface area contributed by atoms with Gasteiger partial charge in [-0.05, 0) is 61.5 Å². The normalized spacial score (nSPS) is 14.0. The number of aromatic carboxylic acids is 1. The molecule has 1 fully saturated rings. The van der Waals surface area contributed by atoms with Crippen molar-refractivity contribution in [3.8, 4) is 11.3 Å². The highest BCUT2D eigenvalue weighted by Gasteiger charge is 2.36. The molecule has 2 aromatic carbocycles. The van der Waals surface area contributed by atoms with Crippen LogP contribution in [0.3, 0.4) is 0 Å². The van der Waals surface area contributed by atoms with E-state index >= 15 is 0 Å². The molecule has 2 heterocycles. The lowest BCUT2D eigenvalue weighted by Gasteiger charge is -2.27. The van der Waals surface area contributed by atoms with Gasteiger partial charge in [0.15, 0.2) is 0 Å². The molecule has 0 aliphatic carbocycles. The van der Waals surface area contributed by atoms with Crippen LogP contribution in [-0.2, 0) is 23.6 Å². The molecule has 0 spiro atoms. The summed E-state index contributed by atoms with van der Waals surface area (Å²) in [4.78, 5) is 22.0. The second-order valence-electron chi connectivity index (χ2n) is 8.74. The number of nitrogens with one attached hydrogen (secondary N) is 1. The van der Waals surface area contributed by atoms with Crippen molar-refractivity contribution in [2.75, 3.05) is 38.3 Å². The van der Waals surface area contributed by atoms with E-state index in [1.54, 1.807) is 13.0 Å². The van der Waals surface area contributed by atoms with E-state index in [2.05, 4.69) is 15.3 Å². The van der Waals surface area contributed by atoms with Crippen LogP contribution in [0.1, 0.15) is 32.6 Å². The Balaban J connectivity index is 0.000000232. The number of morpholine rings is 1. The fraction of sp³-hybridized carbons (Fsp3) is 0.346. The number of carbonyl (C=O) groups is 1. The zero-order chi connectivity index (χ0) is 29.7. The van der Waals surface area contributed by atoms with E-state index in [0.717, 1.165) is 0 Å². The van der Waals surface area contributed by atoms with Gasteiger partial charge in [0.05, 0.1) is 30.0 Å². The smallest absolute Gasteiger partial charge is 0.416 e. The van der Waals surface area contributed by atoms with E-state index < -0.39 is 29.4 Å². The molecule has 0 radical (unpaired) electrons. The first-order valence-electron chi connectivity index (χ1n) is 11.8. The lowest BCUT2D eigenvalue weighted by Crippen LogP contribution is -2.37. The summed E-state index contributed by atoms with van der Waals surface area (Å²) in [5.74, 6) is -1.03. The van der Waals surface area contributed by atoms with E-state index in [4.69, 9.17) is 4.74 Å². The lowest BCUT2D eigenvalue weighted by molar-refractivity contribution is -0.143. The third kappa shape index (κ3) is 7.88. The Morgan fingerprint density at radius 3 is 2.12 bits per heavy atom. The maximum Gasteiger partial charge on any atom is 0.416 e. The van der Waals surface area contributed by atoms with Gasteiger partial charge in [-0.3, -0.25) is 0 Å². The standard InChI is InChI=1S/C16H16FN3O3.C10H9F6N/c1-10-8-11(17)2-3-12(10)14-13(15(21)22)9-18-16(19-14)20-4-6-23-7-5-20;1-17-5-6-2-7(9(11,12)13)4-8(3-6)10(14,15)16/h2-3,8-9H,4-7H2,1H3,(H,21,22);2-4,17H,5H2,1H3. The highest BCUT2D eigenvalue weighted by molar-refractivity contribution is 5.95. The third-order valence-corrected chi connectivity index (χ3v) is 5.77. The SMILES string of the molecule is CNCc1cc(C(F)(F)F)cc(C(F)(F)F)c1.Cc1cc(F)ccc1-c1nc(N2CCOCC2)ncc1C(=O)O. The monoisotopic (exact) mass is 574 g/mol. The van der Waals surface area contributed by atoms with E-state index in [1.807, 2.05) is 4.90 Å². The van der Waals surface area contributed by atoms with Gasteiger partial charge in [0.25, 0.3) is 0 Å². The number of benzene rings is 2. The molecule has 14 heteroatoms. The van der Waals surface area contributed by atoms with E-state index in [1.165, 1.54) is 25.4 Å². The van der Waals surface area contributed by atoms with Gasteiger partial charge in [0.1, 0.15) is 11.4 Å². The Kier molecular flexibility index (Phi) is 9.69. The van der Waals surface area contributed by atoms with Crippen LogP contribution >= 0.6 is 0 Å². The van der Waals surface area contributed by atoms with Gasteiger partial charge in [-0.15, -0.1) is 0 Å². The predicted octanol–water partition coefficient (Wildman–Crippen LogP) is 5.57. The fourth-order valence-corrected chi connectivity index (χ4v) is 3.87. The topological polar surface area (TPSA) is 87.6 Å². The molecule has 7 nitrogen and oxygen atoms in total. The van der Waals surface area contributed by atoms with Gasteiger partial charge in [0.2, 0.25) is 5.95 Å². The van der Waals surface area contributed by atoms with Crippen molar-refractivity contribution >= 4 is 11.9 Å². The number of aryl methyl sites for hydroxylation is 1. The summed E-state index contributed by atoms with van der Waals surface area (Å²) < 4.78 is 93.0. The molecule has 3 aromatic rings. The highest BCUT2D eigenvalue weighted by atomic mass is 19.4. The number of halogens is 7. The molecule has 1 aliphatic rings. The van der Waals surface area contributed by atoms with Crippen LogP contribution in [0.15, 0.2) is 42.6 Å². The second kappa shape index (κ2) is 12.6. The van der Waals surface area contributed by atoms with Crippen LogP contribution in [0.25, 0.3) is 11.3 Å². The first kappa shape index (κ1) is 30.8. The largest absolute Gasteiger partial charge is 0.478 e. The van der Waals surface area contributed by atoms with Gasteiger partial charge in [-0.25, -0.2) is 19.2 Å². The third-order valence-electron chi connectivity index (χ3n) is 5.77.